The molecule has 0 unspecified atom stereocenters. The van der Waals surface area contributed by atoms with Crippen molar-refractivity contribution in [2.45, 2.75) is 5.54 Å². The van der Waals surface area contributed by atoms with Crippen LogP contribution in [0.1, 0.15) is 11.1 Å². The highest BCUT2D eigenvalue weighted by molar-refractivity contribution is 6.09. The summed E-state index contributed by atoms with van der Waals surface area (Å²) in [7, 11) is 0. The first-order valence-electron chi connectivity index (χ1n) is 6.82. The van der Waals surface area contributed by atoms with E-state index in [1.807, 2.05) is 42.5 Å². The van der Waals surface area contributed by atoms with E-state index in [0.29, 0.717) is 11.1 Å². The number of carbonyl (C=O) groups is 2. The van der Waals surface area contributed by atoms with Gasteiger partial charge in [-0.2, -0.15) is 5.26 Å². The van der Waals surface area contributed by atoms with Crippen LogP contribution in [0.15, 0.2) is 60.7 Å². The van der Waals surface area contributed by atoms with Crippen molar-refractivity contribution in [1.29, 1.82) is 5.26 Å². The van der Waals surface area contributed by atoms with Gasteiger partial charge in [0.15, 0.2) is 5.54 Å². The Hall–Kier alpha value is -3.13. The monoisotopic (exact) mass is 291 g/mol. The Labute approximate surface area is 127 Å². The molecule has 108 valence electrons. The lowest BCUT2D eigenvalue weighted by Gasteiger charge is -2.27. The van der Waals surface area contributed by atoms with E-state index in [4.69, 9.17) is 5.26 Å². The molecule has 0 spiro atoms. The van der Waals surface area contributed by atoms with Gasteiger partial charge in [0, 0.05) is 0 Å². The number of rotatable bonds is 3. The van der Waals surface area contributed by atoms with Crippen LogP contribution >= 0.6 is 0 Å². The van der Waals surface area contributed by atoms with Crippen LogP contribution in [0.2, 0.25) is 0 Å². The van der Waals surface area contributed by atoms with E-state index < -0.39 is 17.5 Å². The van der Waals surface area contributed by atoms with Crippen LogP contribution in [-0.2, 0) is 10.3 Å². The Morgan fingerprint density at radius 3 is 1.91 bits per heavy atom. The second-order valence-electron chi connectivity index (χ2n) is 4.96. The summed E-state index contributed by atoms with van der Waals surface area (Å²) >= 11 is 0. The van der Waals surface area contributed by atoms with Crippen LogP contribution in [0.4, 0.5) is 4.79 Å². The smallest absolute Gasteiger partial charge is 0.315 e. The lowest BCUT2D eigenvalue weighted by Crippen LogP contribution is -2.45. The van der Waals surface area contributed by atoms with Gasteiger partial charge < -0.3 is 5.32 Å². The third-order valence-electron chi connectivity index (χ3n) is 3.75. The minimum absolute atomic E-state index is 0.272. The molecule has 0 bridgehead atoms. The third-order valence-corrected chi connectivity index (χ3v) is 3.75. The summed E-state index contributed by atoms with van der Waals surface area (Å²) in [6.07, 6.45) is 0. The molecule has 1 fully saturated rings. The highest BCUT2D eigenvalue weighted by atomic mass is 16.2. The topological polar surface area (TPSA) is 73.2 Å². The molecule has 5 heteroatoms. The van der Waals surface area contributed by atoms with E-state index in [1.54, 1.807) is 24.3 Å². The fourth-order valence-electron chi connectivity index (χ4n) is 2.72. The molecule has 22 heavy (non-hydrogen) atoms. The number of hydrogen-bond donors (Lipinski definition) is 1. The molecular weight excluding hydrogens is 278 g/mol. The summed E-state index contributed by atoms with van der Waals surface area (Å²) in [6, 6.07) is 19.4. The number of hydrogen-bond acceptors (Lipinski definition) is 3. The molecule has 1 saturated heterocycles. The molecule has 1 aliphatic rings. The minimum Gasteiger partial charge on any atom is -0.315 e. The molecule has 2 aromatic carbocycles. The predicted octanol–water partition coefficient (Wildman–Crippen LogP) is 2.01. The maximum Gasteiger partial charge on any atom is 0.326 e. The van der Waals surface area contributed by atoms with E-state index in [-0.39, 0.29) is 6.54 Å². The largest absolute Gasteiger partial charge is 0.326 e. The number of urea groups is 1. The molecule has 0 aromatic heterocycles. The molecule has 2 aromatic rings. The zero-order valence-electron chi connectivity index (χ0n) is 11.7. The van der Waals surface area contributed by atoms with Crippen molar-refractivity contribution in [3.05, 3.63) is 71.8 Å². The van der Waals surface area contributed by atoms with Crippen molar-refractivity contribution in [2.75, 3.05) is 6.54 Å². The highest BCUT2D eigenvalue weighted by Gasteiger charge is 2.53. The zero-order chi connectivity index (χ0) is 15.6. The maximum absolute atomic E-state index is 12.9. The molecule has 5 nitrogen and oxygen atoms in total. The zero-order valence-corrected chi connectivity index (χ0v) is 11.7. The van der Waals surface area contributed by atoms with Gasteiger partial charge in [-0.05, 0) is 11.1 Å². The van der Waals surface area contributed by atoms with E-state index in [9.17, 15) is 9.59 Å². The van der Waals surface area contributed by atoms with Crippen LogP contribution in [0.25, 0.3) is 0 Å². The average Bonchev–Trinajstić information content (AvgIpc) is 2.82. The van der Waals surface area contributed by atoms with Crippen LogP contribution in [-0.4, -0.2) is 23.4 Å². The molecular formula is C17H13N3O2. The average molecular weight is 291 g/mol. The Bertz CT molecular complexity index is 711. The second-order valence-corrected chi connectivity index (χ2v) is 4.96. The predicted molar refractivity (Wildman–Crippen MR) is 79.5 cm³/mol. The van der Waals surface area contributed by atoms with Crippen molar-refractivity contribution in [3.8, 4) is 6.07 Å². The second kappa shape index (κ2) is 5.34. The molecule has 0 atom stereocenters. The van der Waals surface area contributed by atoms with Gasteiger partial charge in [0.2, 0.25) is 0 Å². The Balaban J connectivity index is 2.21. The van der Waals surface area contributed by atoms with E-state index in [0.717, 1.165) is 4.90 Å². The molecule has 1 heterocycles. The number of amides is 3. The fraction of sp³-hybridized carbons (Fsp3) is 0.118. The van der Waals surface area contributed by atoms with Crippen LogP contribution in [0.3, 0.4) is 0 Å². The van der Waals surface area contributed by atoms with Crippen molar-refractivity contribution in [2.24, 2.45) is 0 Å². The number of carbonyl (C=O) groups excluding carboxylic acids is 2. The number of nitriles is 1. The van der Waals surface area contributed by atoms with E-state index >= 15 is 0 Å². The van der Waals surface area contributed by atoms with Crippen molar-refractivity contribution in [1.82, 2.24) is 10.2 Å². The van der Waals surface area contributed by atoms with Gasteiger partial charge >= 0.3 is 6.03 Å². The number of benzene rings is 2. The van der Waals surface area contributed by atoms with Crippen molar-refractivity contribution >= 4 is 11.9 Å². The van der Waals surface area contributed by atoms with Gasteiger partial charge in [-0.15, -0.1) is 0 Å². The highest BCUT2D eigenvalue weighted by Crippen LogP contribution is 2.35. The lowest BCUT2D eigenvalue weighted by molar-refractivity contribution is -0.129. The lowest BCUT2D eigenvalue weighted by atomic mass is 9.82. The Kier molecular flexibility index (Phi) is 3.36. The van der Waals surface area contributed by atoms with Gasteiger partial charge in [-0.1, -0.05) is 60.7 Å². The summed E-state index contributed by atoms with van der Waals surface area (Å²) in [5, 5.41) is 11.6. The van der Waals surface area contributed by atoms with E-state index in [2.05, 4.69) is 5.32 Å². The summed E-state index contributed by atoms with van der Waals surface area (Å²) in [4.78, 5) is 26.0. The molecule has 3 amide bonds. The Morgan fingerprint density at radius 2 is 1.45 bits per heavy atom. The summed E-state index contributed by atoms with van der Waals surface area (Å²) in [6.45, 7) is -0.272. The van der Waals surface area contributed by atoms with Gasteiger partial charge in [0.05, 0.1) is 6.07 Å². The van der Waals surface area contributed by atoms with Crippen molar-refractivity contribution < 1.29 is 9.59 Å². The Morgan fingerprint density at radius 1 is 0.955 bits per heavy atom. The van der Waals surface area contributed by atoms with Crippen LogP contribution < -0.4 is 5.32 Å². The molecule has 0 radical (unpaired) electrons. The molecule has 0 saturated carbocycles. The molecule has 3 rings (SSSR count). The van der Waals surface area contributed by atoms with Crippen LogP contribution in [0, 0.1) is 11.3 Å². The summed E-state index contributed by atoms with van der Waals surface area (Å²) in [5.74, 6) is -0.434. The van der Waals surface area contributed by atoms with Gasteiger partial charge in [-0.25, -0.2) is 9.69 Å². The molecule has 1 N–H and O–H groups in total. The standard InChI is InChI=1S/C17H13N3O2/c18-11-12-20-15(21)17(19-16(20)22,13-7-3-1-4-8-13)14-9-5-2-6-10-14/h1-10H,12H2,(H,19,22). The minimum atomic E-state index is -1.28. The normalized spacial score (nSPS) is 16.2. The number of nitrogens with one attached hydrogen (secondary N) is 1. The third kappa shape index (κ3) is 1.93. The maximum atomic E-state index is 12.9. The first-order chi connectivity index (χ1) is 10.7. The van der Waals surface area contributed by atoms with Crippen molar-refractivity contribution in [3.63, 3.8) is 0 Å². The molecule has 1 aliphatic heterocycles. The molecule has 0 aliphatic carbocycles. The van der Waals surface area contributed by atoms with Crippen LogP contribution in [0.5, 0.6) is 0 Å². The fourth-order valence-corrected chi connectivity index (χ4v) is 2.72. The van der Waals surface area contributed by atoms with Gasteiger partial charge in [0.1, 0.15) is 6.54 Å². The first-order valence-corrected chi connectivity index (χ1v) is 6.82. The van der Waals surface area contributed by atoms with E-state index in [1.165, 1.54) is 0 Å². The SMILES string of the molecule is N#CCN1C(=O)NC(c2ccccc2)(c2ccccc2)C1=O. The number of nitrogens with zero attached hydrogens (tertiary/aromatic N) is 2. The summed E-state index contributed by atoms with van der Waals surface area (Å²) in [5.41, 5.74) is 0.0520. The van der Waals surface area contributed by atoms with Gasteiger partial charge in [0.25, 0.3) is 5.91 Å². The number of imide groups is 1. The van der Waals surface area contributed by atoms with Gasteiger partial charge in [-0.3, -0.25) is 4.79 Å². The quantitative estimate of drug-likeness (QED) is 0.694. The summed E-state index contributed by atoms with van der Waals surface area (Å²) < 4.78 is 0. The first kappa shape index (κ1) is 13.8.